The average molecular weight is 499 g/mol. The van der Waals surface area contributed by atoms with E-state index < -0.39 is 28.2 Å². The number of allylic oxidation sites excluding steroid dienone is 3. The van der Waals surface area contributed by atoms with Crippen LogP contribution in [0.25, 0.3) is 0 Å². The third-order valence-corrected chi connectivity index (χ3v) is 6.64. The van der Waals surface area contributed by atoms with Crippen LogP contribution in [0.3, 0.4) is 0 Å². The van der Waals surface area contributed by atoms with Crippen molar-refractivity contribution in [2.24, 2.45) is 5.92 Å². The summed E-state index contributed by atoms with van der Waals surface area (Å²) in [6.45, 7) is 2.02. The highest BCUT2D eigenvalue weighted by molar-refractivity contribution is 7.88. The molecule has 0 aliphatic heterocycles. The number of hydrogen-bond donors (Lipinski definition) is 3. The quantitative estimate of drug-likeness (QED) is 0.466. The number of nitrogens with one attached hydrogen (secondary N) is 3. The maximum Gasteiger partial charge on any atom is 0.330 e. The summed E-state index contributed by atoms with van der Waals surface area (Å²) in [6, 6.07) is 14.0. The van der Waals surface area contributed by atoms with E-state index in [4.69, 9.17) is 4.74 Å². The molecule has 3 rings (SSSR count). The van der Waals surface area contributed by atoms with E-state index in [1.807, 2.05) is 60.2 Å². The summed E-state index contributed by atoms with van der Waals surface area (Å²) in [4.78, 5) is 27.3. The van der Waals surface area contributed by atoms with Crippen LogP contribution < -0.4 is 24.4 Å². The zero-order valence-corrected chi connectivity index (χ0v) is 20.7. The zero-order chi connectivity index (χ0) is 25.4. The molecule has 186 valence electrons. The maximum atomic E-state index is 13.3. The molecule has 2 atom stereocenters. The molecule has 0 bridgehead atoms. The molecule has 1 aliphatic carbocycles. The molecule has 10 heteroatoms. The minimum Gasteiger partial charge on any atom is -0.497 e. The summed E-state index contributed by atoms with van der Waals surface area (Å²) >= 11 is 0. The van der Waals surface area contributed by atoms with Gasteiger partial charge >= 0.3 is 16.2 Å². The molecule has 3 amide bonds. The van der Waals surface area contributed by atoms with Crippen LogP contribution in [0, 0.1) is 5.92 Å². The van der Waals surface area contributed by atoms with Crippen molar-refractivity contribution in [3.05, 3.63) is 84.0 Å². The fourth-order valence-corrected chi connectivity index (χ4v) is 4.31. The smallest absolute Gasteiger partial charge is 0.330 e. The lowest BCUT2D eigenvalue weighted by atomic mass is 10.0. The first-order chi connectivity index (χ1) is 16.7. The van der Waals surface area contributed by atoms with E-state index in [1.54, 1.807) is 38.4 Å². The van der Waals surface area contributed by atoms with Crippen molar-refractivity contribution in [3.8, 4) is 5.75 Å². The van der Waals surface area contributed by atoms with Crippen LogP contribution in [0.15, 0.2) is 78.4 Å². The minimum atomic E-state index is -4.14. The van der Waals surface area contributed by atoms with E-state index in [0.29, 0.717) is 11.4 Å². The number of carbonyl (C=O) groups is 2. The highest BCUT2D eigenvalue weighted by Gasteiger charge is 2.27. The van der Waals surface area contributed by atoms with E-state index in [2.05, 4.69) is 10.0 Å². The van der Waals surface area contributed by atoms with Gasteiger partial charge in [0.25, 0.3) is 0 Å². The predicted octanol–water partition coefficient (Wildman–Crippen LogP) is 2.54. The second kappa shape index (κ2) is 11.7. The Morgan fingerprint density at radius 2 is 1.77 bits per heavy atom. The van der Waals surface area contributed by atoms with Crippen LogP contribution in [-0.2, 0) is 21.4 Å². The van der Waals surface area contributed by atoms with Gasteiger partial charge in [-0.15, -0.1) is 0 Å². The molecular formula is C25H30N4O5S. The van der Waals surface area contributed by atoms with Crippen LogP contribution >= 0.6 is 0 Å². The second-order valence-corrected chi connectivity index (χ2v) is 9.65. The lowest BCUT2D eigenvalue weighted by molar-refractivity contribution is -0.120. The number of likely N-dealkylation sites (N-methyl/N-ethyl adjacent to an activating group) is 1. The molecule has 1 aliphatic rings. The summed E-state index contributed by atoms with van der Waals surface area (Å²) in [5.41, 5.74) is 2.29. The van der Waals surface area contributed by atoms with Gasteiger partial charge in [-0.2, -0.15) is 13.1 Å². The molecule has 0 radical (unpaired) electrons. The predicted molar refractivity (Wildman–Crippen MR) is 135 cm³/mol. The third-order valence-electron chi connectivity index (χ3n) is 5.66. The number of benzene rings is 2. The number of anilines is 1. The van der Waals surface area contributed by atoms with E-state index in [0.717, 1.165) is 11.1 Å². The Balaban J connectivity index is 1.69. The lowest BCUT2D eigenvalue weighted by Crippen LogP contribution is -2.54. The van der Waals surface area contributed by atoms with Gasteiger partial charge in [0.2, 0.25) is 5.91 Å². The van der Waals surface area contributed by atoms with Gasteiger partial charge in [0.05, 0.1) is 7.11 Å². The van der Waals surface area contributed by atoms with E-state index in [-0.39, 0.29) is 18.9 Å². The molecule has 2 aromatic carbocycles. The van der Waals surface area contributed by atoms with Crippen LogP contribution in [-0.4, -0.2) is 47.1 Å². The molecule has 0 saturated carbocycles. The van der Waals surface area contributed by atoms with Crippen molar-refractivity contribution in [1.29, 1.82) is 0 Å². The number of amides is 3. The number of methoxy groups -OCH3 is 1. The molecule has 1 unspecified atom stereocenters. The lowest BCUT2D eigenvalue weighted by Gasteiger charge is -2.25. The number of urea groups is 1. The van der Waals surface area contributed by atoms with E-state index >= 15 is 0 Å². The summed E-state index contributed by atoms with van der Waals surface area (Å²) < 4.78 is 34.2. The van der Waals surface area contributed by atoms with Crippen LogP contribution in [0.2, 0.25) is 0 Å². The largest absolute Gasteiger partial charge is 0.497 e. The first-order valence-electron chi connectivity index (χ1n) is 11.1. The Morgan fingerprint density at radius 3 is 2.37 bits per heavy atom. The first-order valence-corrected chi connectivity index (χ1v) is 12.6. The number of rotatable bonds is 10. The molecule has 35 heavy (non-hydrogen) atoms. The van der Waals surface area contributed by atoms with Crippen molar-refractivity contribution in [1.82, 2.24) is 14.8 Å². The molecule has 0 spiro atoms. The Kier molecular flexibility index (Phi) is 8.67. The average Bonchev–Trinajstić information content (AvgIpc) is 3.26. The van der Waals surface area contributed by atoms with Gasteiger partial charge < -0.3 is 15.0 Å². The summed E-state index contributed by atoms with van der Waals surface area (Å²) in [5.74, 6) is 0.354. The van der Waals surface area contributed by atoms with Crippen molar-refractivity contribution in [3.63, 3.8) is 0 Å². The molecule has 3 N–H and O–H groups in total. The highest BCUT2D eigenvalue weighted by atomic mass is 32.2. The second-order valence-electron chi connectivity index (χ2n) is 8.15. The van der Waals surface area contributed by atoms with Gasteiger partial charge in [0.15, 0.2) is 0 Å². The van der Waals surface area contributed by atoms with Gasteiger partial charge in [0.1, 0.15) is 11.8 Å². The van der Waals surface area contributed by atoms with Crippen molar-refractivity contribution in [2.45, 2.75) is 19.4 Å². The number of nitrogens with zero attached hydrogens (tertiary/aromatic N) is 1. The van der Waals surface area contributed by atoms with Gasteiger partial charge in [-0.25, -0.2) is 9.52 Å². The Hall–Kier alpha value is -3.63. The first kappa shape index (κ1) is 26.0. The molecule has 0 heterocycles. The summed E-state index contributed by atoms with van der Waals surface area (Å²) in [5, 5.41) is 2.52. The third kappa shape index (κ3) is 7.43. The molecule has 0 fully saturated rings. The van der Waals surface area contributed by atoms with Gasteiger partial charge in [0, 0.05) is 25.7 Å². The Labute approximate surface area is 206 Å². The fourth-order valence-electron chi connectivity index (χ4n) is 3.58. The SMILES string of the molecule is COc1ccc(N(C)C(=O)[C@H](Cc2ccccc2)NC(=O)NS(=O)(=O)NCC2=CC=CC2C)cc1. The standard InChI is InChI=1S/C25H30N4O5S/c1-18-8-7-11-20(18)17-26-35(32,33)28-25(31)27-23(16-19-9-5-4-6-10-19)24(30)29(2)21-12-14-22(34-3)15-13-21/h4-15,18,23,26H,16-17H2,1-3H3,(H2,27,28,31)/t18?,23-/m0/s1. The van der Waals surface area contributed by atoms with E-state index in [1.165, 1.54) is 4.90 Å². The molecule has 0 aromatic heterocycles. The normalized spacial score (nSPS) is 15.7. The number of ether oxygens (including phenoxy) is 1. The fraction of sp³-hybridized carbons (Fsp3) is 0.280. The monoisotopic (exact) mass is 498 g/mol. The highest BCUT2D eigenvalue weighted by Crippen LogP contribution is 2.20. The van der Waals surface area contributed by atoms with Gasteiger partial charge in [-0.1, -0.05) is 55.5 Å². The summed E-state index contributed by atoms with van der Waals surface area (Å²) in [7, 11) is -0.999. The van der Waals surface area contributed by atoms with Crippen LogP contribution in [0.1, 0.15) is 12.5 Å². The molecule has 9 nitrogen and oxygen atoms in total. The van der Waals surface area contributed by atoms with E-state index in [9.17, 15) is 18.0 Å². The van der Waals surface area contributed by atoms with Crippen LogP contribution in [0.4, 0.5) is 10.5 Å². The van der Waals surface area contributed by atoms with Gasteiger partial charge in [-0.05, 0) is 41.3 Å². The van der Waals surface area contributed by atoms with Crippen molar-refractivity contribution in [2.75, 3.05) is 25.6 Å². The maximum absolute atomic E-state index is 13.3. The minimum absolute atomic E-state index is 0.0728. The molecule has 0 saturated heterocycles. The molecule has 2 aromatic rings. The number of carbonyl (C=O) groups excluding carboxylic acids is 2. The van der Waals surface area contributed by atoms with Crippen LogP contribution in [0.5, 0.6) is 5.75 Å². The summed E-state index contributed by atoms with van der Waals surface area (Å²) in [6.07, 6.45) is 5.81. The Morgan fingerprint density at radius 1 is 1.09 bits per heavy atom. The van der Waals surface area contributed by atoms with Gasteiger partial charge in [-0.3, -0.25) is 4.79 Å². The molecular weight excluding hydrogens is 468 g/mol. The van der Waals surface area contributed by atoms with Crippen molar-refractivity contribution < 1.29 is 22.7 Å². The Bertz CT molecular complexity index is 1190. The zero-order valence-electron chi connectivity index (χ0n) is 19.9. The van der Waals surface area contributed by atoms with Crippen molar-refractivity contribution >= 4 is 27.8 Å². The topological polar surface area (TPSA) is 117 Å². The number of hydrogen-bond acceptors (Lipinski definition) is 5.